The fraction of sp³-hybridized carbons (Fsp3) is 0.364. The molecule has 0 aliphatic carbocycles. The van der Waals surface area contributed by atoms with Crippen molar-refractivity contribution in [3.05, 3.63) is 60.2 Å². The molecule has 8 heteroatoms. The van der Waals surface area contributed by atoms with Crippen LogP contribution < -0.4 is 4.31 Å². The van der Waals surface area contributed by atoms with Crippen molar-refractivity contribution in [3.63, 3.8) is 0 Å². The van der Waals surface area contributed by atoms with Crippen molar-refractivity contribution in [2.24, 2.45) is 0 Å². The van der Waals surface area contributed by atoms with E-state index in [1.54, 1.807) is 35.2 Å². The molecule has 160 valence electrons. The maximum atomic E-state index is 12.8. The first kappa shape index (κ1) is 21.8. The van der Waals surface area contributed by atoms with Gasteiger partial charge in [0.25, 0.3) is 15.9 Å². The van der Waals surface area contributed by atoms with E-state index in [4.69, 9.17) is 4.74 Å². The average Bonchev–Trinajstić information content (AvgIpc) is 2.77. The van der Waals surface area contributed by atoms with Crippen molar-refractivity contribution >= 4 is 27.6 Å². The molecule has 1 heterocycles. The fourth-order valence-electron chi connectivity index (χ4n) is 3.46. The molecular formula is C22H26N2O5S. The lowest BCUT2D eigenvalue weighted by atomic mass is 10.0. The van der Waals surface area contributed by atoms with Crippen molar-refractivity contribution in [2.75, 3.05) is 24.5 Å². The fourth-order valence-corrected chi connectivity index (χ4v) is 4.66. The smallest absolute Gasteiger partial charge is 0.338 e. The van der Waals surface area contributed by atoms with E-state index in [0.717, 1.165) is 19.3 Å². The predicted molar refractivity (Wildman–Crippen MR) is 114 cm³/mol. The number of ether oxygens (including phenoxy) is 1. The minimum Gasteiger partial charge on any atom is -0.452 e. The van der Waals surface area contributed by atoms with Crippen LogP contribution in [0.5, 0.6) is 0 Å². The maximum absolute atomic E-state index is 12.8. The van der Waals surface area contributed by atoms with Gasteiger partial charge in [-0.2, -0.15) is 0 Å². The summed E-state index contributed by atoms with van der Waals surface area (Å²) in [5.74, 6) is -0.868. The second kappa shape index (κ2) is 9.30. The Balaban J connectivity index is 1.63. The molecule has 0 bridgehead atoms. The third-order valence-electron chi connectivity index (χ3n) is 5.32. The van der Waals surface area contributed by atoms with E-state index in [9.17, 15) is 18.0 Å². The number of nitrogens with zero attached hydrogens (tertiary/aromatic N) is 2. The van der Waals surface area contributed by atoms with Crippen LogP contribution in [0.4, 0.5) is 5.69 Å². The van der Waals surface area contributed by atoms with Crippen LogP contribution in [-0.2, 0) is 19.6 Å². The molecule has 0 radical (unpaired) electrons. The molecule has 1 atom stereocenters. The van der Waals surface area contributed by atoms with Crippen LogP contribution in [0.15, 0.2) is 59.5 Å². The minimum absolute atomic E-state index is 0.0589. The van der Waals surface area contributed by atoms with E-state index in [1.165, 1.54) is 35.6 Å². The Kier molecular flexibility index (Phi) is 6.77. The monoisotopic (exact) mass is 430 g/mol. The topological polar surface area (TPSA) is 84.0 Å². The number of anilines is 1. The number of rotatable bonds is 6. The summed E-state index contributed by atoms with van der Waals surface area (Å²) in [4.78, 5) is 26.4. The Bertz CT molecular complexity index is 990. The predicted octanol–water partition coefficient (Wildman–Crippen LogP) is 3.07. The van der Waals surface area contributed by atoms with Gasteiger partial charge >= 0.3 is 5.97 Å². The first-order valence-corrected chi connectivity index (χ1v) is 11.4. The van der Waals surface area contributed by atoms with Crippen molar-refractivity contribution < 1.29 is 22.7 Å². The second-order valence-electron chi connectivity index (χ2n) is 7.34. The summed E-state index contributed by atoms with van der Waals surface area (Å²) in [5, 5.41) is 0. The zero-order valence-corrected chi connectivity index (χ0v) is 18.0. The molecular weight excluding hydrogens is 404 g/mol. The van der Waals surface area contributed by atoms with Crippen molar-refractivity contribution in [2.45, 2.75) is 37.1 Å². The maximum Gasteiger partial charge on any atom is 0.338 e. The van der Waals surface area contributed by atoms with Crippen LogP contribution in [-0.4, -0.2) is 51.4 Å². The number of carbonyl (C=O) groups is 2. The van der Waals surface area contributed by atoms with Crippen LogP contribution >= 0.6 is 0 Å². The molecule has 30 heavy (non-hydrogen) atoms. The molecule has 0 aromatic heterocycles. The molecule has 7 nitrogen and oxygen atoms in total. The van der Waals surface area contributed by atoms with Crippen LogP contribution in [0, 0.1) is 0 Å². The van der Waals surface area contributed by atoms with Crippen LogP contribution in [0.3, 0.4) is 0 Å². The summed E-state index contributed by atoms with van der Waals surface area (Å²) in [6.45, 7) is 2.35. The van der Waals surface area contributed by atoms with E-state index in [2.05, 4.69) is 0 Å². The molecule has 1 aliphatic heterocycles. The Morgan fingerprint density at radius 3 is 2.37 bits per heavy atom. The molecule has 1 fully saturated rings. The van der Waals surface area contributed by atoms with Gasteiger partial charge in [0.15, 0.2) is 6.61 Å². The summed E-state index contributed by atoms with van der Waals surface area (Å²) in [7, 11) is -2.29. The van der Waals surface area contributed by atoms with Crippen LogP contribution in [0.2, 0.25) is 0 Å². The Morgan fingerprint density at radius 1 is 1.07 bits per heavy atom. The van der Waals surface area contributed by atoms with Crippen LogP contribution in [0.25, 0.3) is 0 Å². The first-order valence-electron chi connectivity index (χ1n) is 9.91. The molecule has 1 aliphatic rings. The summed E-state index contributed by atoms with van der Waals surface area (Å²) >= 11 is 0. The number of esters is 1. The molecule has 1 amide bonds. The average molecular weight is 431 g/mol. The number of para-hydroxylation sites is 1. The highest BCUT2D eigenvalue weighted by molar-refractivity contribution is 7.92. The highest BCUT2D eigenvalue weighted by Crippen LogP contribution is 2.22. The molecule has 3 rings (SSSR count). The second-order valence-corrected chi connectivity index (χ2v) is 9.31. The minimum atomic E-state index is -3.76. The van der Waals surface area contributed by atoms with Gasteiger partial charge in [-0.15, -0.1) is 0 Å². The van der Waals surface area contributed by atoms with Gasteiger partial charge in [0.05, 0.1) is 16.1 Å². The van der Waals surface area contributed by atoms with Gasteiger partial charge in [0.2, 0.25) is 0 Å². The SMILES string of the molecule is CC1CCCCN1C(=O)COC(=O)c1ccc(S(=O)(=O)N(C)c2ccccc2)cc1. The molecule has 2 aromatic carbocycles. The van der Waals surface area contributed by atoms with Gasteiger partial charge in [-0.1, -0.05) is 18.2 Å². The zero-order valence-electron chi connectivity index (χ0n) is 17.2. The molecule has 1 unspecified atom stereocenters. The molecule has 0 spiro atoms. The summed E-state index contributed by atoms with van der Waals surface area (Å²) in [6, 6.07) is 14.4. The highest BCUT2D eigenvalue weighted by Gasteiger charge is 2.25. The Hall–Kier alpha value is -2.87. The van der Waals surface area contributed by atoms with E-state index in [-0.39, 0.29) is 29.0 Å². The van der Waals surface area contributed by atoms with E-state index in [1.807, 2.05) is 6.92 Å². The third kappa shape index (κ3) is 4.81. The number of benzene rings is 2. The summed E-state index contributed by atoms with van der Waals surface area (Å²) in [5.41, 5.74) is 0.724. The number of hydrogen-bond acceptors (Lipinski definition) is 5. The number of likely N-dealkylation sites (tertiary alicyclic amines) is 1. The van der Waals surface area contributed by atoms with Gasteiger partial charge < -0.3 is 9.64 Å². The summed E-state index contributed by atoms with van der Waals surface area (Å²) in [6.07, 6.45) is 3.00. The first-order chi connectivity index (χ1) is 14.3. The third-order valence-corrected chi connectivity index (χ3v) is 7.12. The van der Waals surface area contributed by atoms with Gasteiger partial charge in [0.1, 0.15) is 0 Å². The van der Waals surface area contributed by atoms with Crippen molar-refractivity contribution in [3.8, 4) is 0 Å². The van der Waals surface area contributed by atoms with Crippen LogP contribution in [0.1, 0.15) is 36.5 Å². The number of sulfonamides is 1. The van der Waals surface area contributed by atoms with E-state index < -0.39 is 16.0 Å². The lowest BCUT2D eigenvalue weighted by Crippen LogP contribution is -2.44. The standard InChI is InChI=1S/C22H26N2O5S/c1-17-8-6-7-15-24(17)21(25)16-29-22(26)18-11-13-20(14-12-18)30(27,28)23(2)19-9-4-3-5-10-19/h3-5,9-14,17H,6-8,15-16H2,1-2H3. The zero-order chi connectivity index (χ0) is 21.7. The highest BCUT2D eigenvalue weighted by atomic mass is 32.2. The Morgan fingerprint density at radius 2 is 1.73 bits per heavy atom. The molecule has 2 aromatic rings. The lowest BCUT2D eigenvalue weighted by Gasteiger charge is -2.33. The van der Waals surface area contributed by atoms with Gasteiger partial charge in [-0.25, -0.2) is 13.2 Å². The summed E-state index contributed by atoms with van der Waals surface area (Å²) < 4.78 is 31.9. The van der Waals surface area contributed by atoms with E-state index >= 15 is 0 Å². The number of carbonyl (C=O) groups excluding carboxylic acids is 2. The van der Waals surface area contributed by atoms with Crippen molar-refractivity contribution in [1.82, 2.24) is 4.90 Å². The molecule has 1 saturated heterocycles. The van der Waals surface area contributed by atoms with Gasteiger partial charge in [-0.05, 0) is 62.6 Å². The number of piperidine rings is 1. The Labute approximate surface area is 177 Å². The quantitative estimate of drug-likeness (QED) is 0.658. The van der Waals surface area contributed by atoms with Gasteiger partial charge in [-0.3, -0.25) is 9.10 Å². The van der Waals surface area contributed by atoms with Crippen molar-refractivity contribution in [1.29, 1.82) is 0 Å². The number of hydrogen-bond donors (Lipinski definition) is 0. The lowest BCUT2D eigenvalue weighted by molar-refractivity contribution is -0.137. The number of amides is 1. The molecule has 0 saturated carbocycles. The van der Waals surface area contributed by atoms with Gasteiger partial charge in [0, 0.05) is 19.6 Å². The normalized spacial score (nSPS) is 16.7. The van der Waals surface area contributed by atoms with E-state index in [0.29, 0.717) is 12.2 Å². The molecule has 0 N–H and O–H groups in total. The largest absolute Gasteiger partial charge is 0.452 e.